The van der Waals surface area contributed by atoms with E-state index in [0.717, 1.165) is 77.6 Å². The van der Waals surface area contributed by atoms with Gasteiger partial charge in [0.05, 0.1) is 43.1 Å². The van der Waals surface area contributed by atoms with Gasteiger partial charge in [-0.1, -0.05) is 121 Å². The van der Waals surface area contributed by atoms with Crippen LogP contribution in [0.15, 0.2) is 181 Å². The number of rotatable bonds is 9. The van der Waals surface area contributed by atoms with Gasteiger partial charge in [0.1, 0.15) is 22.7 Å². The Morgan fingerprint density at radius 2 is 1.15 bits per heavy atom. The molecular formula is C58H48BrN3O6. The maximum atomic E-state index is 15.0. The second kappa shape index (κ2) is 16.8. The number of aromatic nitrogens is 2. The molecule has 6 aromatic carbocycles. The van der Waals surface area contributed by atoms with Crippen LogP contribution < -0.4 is 10.9 Å². The van der Waals surface area contributed by atoms with Crippen molar-refractivity contribution in [2.24, 2.45) is 0 Å². The van der Waals surface area contributed by atoms with Gasteiger partial charge in [-0.2, -0.15) is 5.10 Å². The third-order valence-electron chi connectivity index (χ3n) is 13.9. The van der Waals surface area contributed by atoms with Crippen LogP contribution in [0.3, 0.4) is 0 Å². The molecule has 68 heavy (non-hydrogen) atoms. The van der Waals surface area contributed by atoms with Crippen LogP contribution in [-0.4, -0.2) is 26.8 Å². The van der Waals surface area contributed by atoms with E-state index < -0.39 is 16.7 Å². The van der Waals surface area contributed by atoms with Gasteiger partial charge < -0.3 is 13.6 Å². The molecule has 9 aromatic rings. The first-order chi connectivity index (χ1) is 32.9. The van der Waals surface area contributed by atoms with Crippen molar-refractivity contribution in [1.29, 1.82) is 0 Å². The lowest BCUT2D eigenvalue weighted by atomic mass is 9.63. The summed E-state index contributed by atoms with van der Waals surface area (Å²) in [6, 6.07) is 48.6. The number of nitrogens with zero attached hydrogens (tertiary/aromatic N) is 2. The van der Waals surface area contributed by atoms with Crippen molar-refractivity contribution in [1.82, 2.24) is 15.1 Å². The molecule has 0 aliphatic heterocycles. The zero-order chi connectivity index (χ0) is 46.8. The van der Waals surface area contributed by atoms with E-state index in [1.165, 1.54) is 0 Å². The molecule has 0 saturated heterocycles. The molecule has 2 aliphatic rings. The molecule has 0 atom stereocenters. The lowest BCUT2D eigenvalue weighted by molar-refractivity contribution is -0.109. The predicted molar refractivity (Wildman–Crippen MR) is 271 cm³/mol. The van der Waals surface area contributed by atoms with E-state index >= 15 is 4.79 Å². The van der Waals surface area contributed by atoms with Gasteiger partial charge in [-0.15, -0.1) is 0 Å². The number of benzene rings is 6. The fraction of sp³-hybridized carbons (Fsp3) is 0.207. The summed E-state index contributed by atoms with van der Waals surface area (Å²) in [5, 5.41) is 8.06. The Kier molecular flexibility index (Phi) is 10.7. The first kappa shape index (κ1) is 43.3. The monoisotopic (exact) mass is 961 g/mol. The molecule has 2 aliphatic carbocycles. The minimum absolute atomic E-state index is 0.124. The molecule has 9 nitrogen and oxygen atoms in total. The number of amides is 1. The highest BCUT2D eigenvalue weighted by Gasteiger charge is 2.58. The first-order valence-electron chi connectivity index (χ1n) is 23.2. The number of H-pyrrole nitrogens is 1. The van der Waals surface area contributed by atoms with Crippen molar-refractivity contribution in [3.05, 3.63) is 194 Å². The molecular weight excluding hydrogens is 915 g/mol. The van der Waals surface area contributed by atoms with E-state index in [2.05, 4.69) is 55.3 Å². The topological polar surface area (TPSA) is 119 Å². The van der Waals surface area contributed by atoms with Gasteiger partial charge in [-0.25, -0.2) is 4.79 Å². The molecule has 10 heteroatoms. The number of carbonyl (C=O) groups excluding carboxylic acids is 1. The predicted octanol–water partition coefficient (Wildman–Crippen LogP) is 14.4. The summed E-state index contributed by atoms with van der Waals surface area (Å²) in [4.78, 5) is 46.2. The summed E-state index contributed by atoms with van der Waals surface area (Å²) in [5.74, 6) is 0.971. The molecule has 0 radical (unpaired) electrons. The lowest BCUT2D eigenvalue weighted by Crippen LogP contribution is -2.65. The van der Waals surface area contributed by atoms with Crippen molar-refractivity contribution >= 4 is 44.0 Å². The molecule has 3 heterocycles. The zero-order valence-electron chi connectivity index (χ0n) is 38.0. The fourth-order valence-corrected chi connectivity index (χ4v) is 10.8. The van der Waals surface area contributed by atoms with Crippen molar-refractivity contribution in [3.8, 4) is 56.2 Å². The van der Waals surface area contributed by atoms with Crippen molar-refractivity contribution < 1.29 is 18.4 Å². The Labute approximate surface area is 401 Å². The summed E-state index contributed by atoms with van der Waals surface area (Å²) >= 11 is 3.60. The van der Waals surface area contributed by atoms with Crippen molar-refractivity contribution in [2.45, 2.75) is 76.0 Å². The Morgan fingerprint density at radius 1 is 0.618 bits per heavy atom. The van der Waals surface area contributed by atoms with Crippen LogP contribution in [0.5, 0.6) is 0 Å². The van der Waals surface area contributed by atoms with Crippen LogP contribution in [0, 0.1) is 0 Å². The van der Waals surface area contributed by atoms with Crippen molar-refractivity contribution in [3.63, 3.8) is 0 Å². The van der Waals surface area contributed by atoms with E-state index in [1.54, 1.807) is 12.3 Å². The number of ether oxygens (including phenoxy) is 1. The summed E-state index contributed by atoms with van der Waals surface area (Å²) in [6.45, 7) is 5.72. The molecule has 1 N–H and O–H groups in total. The molecule has 338 valence electrons. The molecule has 2 fully saturated rings. The van der Waals surface area contributed by atoms with E-state index in [1.807, 2.05) is 142 Å². The molecule has 0 unspecified atom stereocenters. The van der Waals surface area contributed by atoms with Gasteiger partial charge in [0.2, 0.25) is 10.9 Å². The highest BCUT2D eigenvalue weighted by atomic mass is 79.9. The largest absolute Gasteiger partial charge is 0.455 e. The molecule has 3 aromatic heterocycles. The van der Waals surface area contributed by atoms with Gasteiger partial charge >= 0.3 is 6.09 Å². The fourth-order valence-electron chi connectivity index (χ4n) is 10.3. The van der Waals surface area contributed by atoms with Crippen LogP contribution in [0.4, 0.5) is 4.79 Å². The minimum Gasteiger partial charge on any atom is -0.455 e. The van der Waals surface area contributed by atoms with Crippen LogP contribution in [0.2, 0.25) is 0 Å². The molecule has 1 amide bonds. The van der Waals surface area contributed by atoms with Gasteiger partial charge in [0.15, 0.2) is 5.58 Å². The lowest BCUT2D eigenvalue weighted by Gasteiger charge is -2.61. The second-order valence-corrected chi connectivity index (χ2v) is 19.9. The minimum atomic E-state index is -0.747. The number of nitrogens with one attached hydrogen (secondary N) is 1. The summed E-state index contributed by atoms with van der Waals surface area (Å²) in [6.07, 6.45) is 6.16. The average molecular weight is 963 g/mol. The number of aromatic amines is 1. The van der Waals surface area contributed by atoms with Crippen LogP contribution in [-0.2, 0) is 15.8 Å². The Hall–Kier alpha value is -7.30. The SMILES string of the molecule is CC(C)(C)OC(=O)N(C1(c2ccc(-c3c(-c4ccccc4)oc4cc(-c5ccn[nH]5)ccc4c3=O)cc2)CCC1)C1(c2ccc(-c3c(-c4ccccc4)oc4c(Br)cccc4c3=O)cc2)CCC1. The van der Waals surface area contributed by atoms with Crippen LogP contribution in [0.1, 0.15) is 70.4 Å². The van der Waals surface area contributed by atoms with Gasteiger partial charge in [-0.05, 0) is 128 Å². The smallest absolute Gasteiger partial charge is 0.411 e. The Balaban J connectivity index is 1.01. The Bertz CT molecular complexity index is 3480. The number of fused-ring (bicyclic) bond motifs is 2. The Morgan fingerprint density at radius 3 is 1.65 bits per heavy atom. The third-order valence-corrected chi connectivity index (χ3v) is 14.5. The van der Waals surface area contributed by atoms with Crippen LogP contribution >= 0.6 is 15.9 Å². The van der Waals surface area contributed by atoms with E-state index in [9.17, 15) is 9.59 Å². The number of hydrogen-bond acceptors (Lipinski definition) is 7. The van der Waals surface area contributed by atoms with Crippen LogP contribution in [0.25, 0.3) is 78.1 Å². The van der Waals surface area contributed by atoms with Gasteiger partial charge in [0, 0.05) is 22.9 Å². The number of carbonyl (C=O) groups is 1. The molecule has 0 bridgehead atoms. The van der Waals surface area contributed by atoms with E-state index in [-0.39, 0.29) is 17.0 Å². The maximum Gasteiger partial charge on any atom is 0.411 e. The quantitative estimate of drug-likeness (QED) is 0.153. The molecule has 11 rings (SSSR count). The summed E-state index contributed by atoms with van der Waals surface area (Å²) in [5.41, 5.74) is 6.20. The number of halogens is 1. The highest BCUT2D eigenvalue weighted by molar-refractivity contribution is 9.10. The summed E-state index contributed by atoms with van der Waals surface area (Å²) < 4.78 is 20.3. The van der Waals surface area contributed by atoms with E-state index in [4.69, 9.17) is 13.6 Å². The first-order valence-corrected chi connectivity index (χ1v) is 24.0. The number of hydrogen-bond donors (Lipinski definition) is 1. The normalized spacial score (nSPS) is 15.1. The second-order valence-electron chi connectivity index (χ2n) is 19.0. The van der Waals surface area contributed by atoms with Gasteiger partial charge in [-0.3, -0.25) is 19.6 Å². The standard InChI is InChI=1S/C58H48BrN3O6/c1-56(2,3)68-55(65)62(58(32-12-33-58)42-26-21-37(22-27-42)49-51(64)44-17-10-18-45(59)54(44)67-53(49)39-15-8-5-9-16-39)57(30-11-31-57)41-24-19-36(20-25-41)48-50(63)43-28-23-40(46-29-34-60-61-46)35-47(43)66-52(48)38-13-6-4-7-14-38/h4-10,13-29,34-35H,11-12,30-33H2,1-3H3,(H,60,61). The van der Waals surface area contributed by atoms with Crippen molar-refractivity contribution in [2.75, 3.05) is 0 Å². The molecule has 2 saturated carbocycles. The third kappa shape index (κ3) is 7.29. The van der Waals surface area contributed by atoms with E-state index in [0.29, 0.717) is 54.6 Å². The number of para-hydroxylation sites is 1. The zero-order valence-corrected chi connectivity index (χ0v) is 39.6. The average Bonchev–Trinajstić information content (AvgIpc) is 3.87. The maximum absolute atomic E-state index is 15.0. The highest BCUT2D eigenvalue weighted by Crippen LogP contribution is 2.58. The summed E-state index contributed by atoms with van der Waals surface area (Å²) in [7, 11) is 0. The molecule has 0 spiro atoms. The van der Waals surface area contributed by atoms with Gasteiger partial charge in [0.25, 0.3) is 0 Å².